The molecule has 4 nitrogen and oxygen atoms in total. The monoisotopic (exact) mass is 459 g/mol. The highest BCUT2D eigenvalue weighted by atomic mass is 28.5. The molecule has 4 saturated carbocycles. The van der Waals surface area contributed by atoms with Gasteiger partial charge in [0.1, 0.15) is 0 Å². The number of rotatable bonds is 7. The first-order chi connectivity index (χ1) is 13.9. The number of allylic oxidation sites excluding steroid dienone is 4. The van der Waals surface area contributed by atoms with Gasteiger partial charge in [-0.3, -0.25) is 0 Å². The zero-order valence-electron chi connectivity index (χ0n) is 17.3. The molecule has 0 aromatic carbocycles. The zero-order valence-corrected chi connectivity index (χ0v) is 21.3. The summed E-state index contributed by atoms with van der Waals surface area (Å²) >= 11 is 0. The summed E-state index contributed by atoms with van der Waals surface area (Å²) in [7, 11) is -2.37. The molecule has 0 amide bonds. The van der Waals surface area contributed by atoms with Crippen molar-refractivity contribution in [3.8, 4) is 0 Å². The standard InChI is InChI=1S/C21H31O4Si4/c1-28(22,18-8-12-3-4-13(18)7-12)25-29(2,24-27-23-26)19-11-16-10-17(19)21-15-6-5-14(9-15)20(16)21/h3-6,12-22H,7-11H2,1-2H3. The SMILES string of the molecule is C[Si](O)(O[Si](C)(O[Si]O[Si])C1CC2CC1C1C3C=CC(C3)C21)C1CC2C=CC1C2. The van der Waals surface area contributed by atoms with Crippen LogP contribution in [0, 0.1) is 47.3 Å². The fraction of sp³-hybridized carbons (Fsp3) is 0.810. The van der Waals surface area contributed by atoms with Crippen molar-refractivity contribution in [2.24, 2.45) is 47.3 Å². The van der Waals surface area contributed by atoms with Crippen LogP contribution < -0.4 is 0 Å². The van der Waals surface area contributed by atoms with E-state index >= 15 is 0 Å². The Morgan fingerprint density at radius 1 is 0.897 bits per heavy atom. The summed E-state index contributed by atoms with van der Waals surface area (Å²) in [6, 6.07) is 0. The molecule has 4 fully saturated rings. The van der Waals surface area contributed by atoms with Crippen LogP contribution in [-0.2, 0) is 12.3 Å². The van der Waals surface area contributed by atoms with Crippen molar-refractivity contribution >= 4 is 37.6 Å². The van der Waals surface area contributed by atoms with Gasteiger partial charge >= 0.3 is 27.1 Å². The second-order valence-electron chi connectivity index (χ2n) is 11.0. The summed E-state index contributed by atoms with van der Waals surface area (Å²) in [4.78, 5) is 11.7. The van der Waals surface area contributed by atoms with Crippen molar-refractivity contribution < 1.29 is 17.1 Å². The smallest absolute Gasteiger partial charge is 0.411 e. The van der Waals surface area contributed by atoms with Gasteiger partial charge in [0.25, 0.3) is 0 Å². The maximum atomic E-state index is 11.7. The first kappa shape index (κ1) is 19.8. The summed E-state index contributed by atoms with van der Waals surface area (Å²) in [6.07, 6.45) is 15.9. The average molecular weight is 460 g/mol. The highest BCUT2D eigenvalue weighted by Gasteiger charge is 2.66. The molecule has 6 bridgehead atoms. The third-order valence-corrected chi connectivity index (χ3v) is 19.2. The zero-order chi connectivity index (χ0) is 20.0. The molecule has 0 saturated heterocycles. The second kappa shape index (κ2) is 6.84. The predicted molar refractivity (Wildman–Crippen MR) is 117 cm³/mol. The van der Waals surface area contributed by atoms with E-state index in [1.807, 2.05) is 6.55 Å². The maximum absolute atomic E-state index is 11.7. The minimum absolute atomic E-state index is 0.0632. The fourth-order valence-electron chi connectivity index (χ4n) is 8.78. The van der Waals surface area contributed by atoms with Gasteiger partial charge in [-0.2, -0.15) is 0 Å². The predicted octanol–water partition coefficient (Wildman–Crippen LogP) is 3.60. The van der Waals surface area contributed by atoms with E-state index in [1.165, 1.54) is 25.7 Å². The molecule has 6 rings (SSSR count). The van der Waals surface area contributed by atoms with E-state index in [0.29, 0.717) is 28.8 Å². The Labute approximate surface area is 182 Å². The Morgan fingerprint density at radius 2 is 1.66 bits per heavy atom. The van der Waals surface area contributed by atoms with Gasteiger partial charge in [-0.1, -0.05) is 24.3 Å². The lowest BCUT2D eigenvalue weighted by Gasteiger charge is -2.46. The van der Waals surface area contributed by atoms with Gasteiger partial charge in [0.15, 0.2) is 0 Å². The van der Waals surface area contributed by atoms with Gasteiger partial charge in [0.2, 0.25) is 10.5 Å². The van der Waals surface area contributed by atoms with Crippen molar-refractivity contribution in [3.63, 3.8) is 0 Å². The molecule has 29 heavy (non-hydrogen) atoms. The van der Waals surface area contributed by atoms with Gasteiger partial charge in [0, 0.05) is 11.1 Å². The average Bonchev–Trinajstić information content (AvgIpc) is 3.49. The highest BCUT2D eigenvalue weighted by molar-refractivity contribution is 6.82. The normalized spacial score (nSPS) is 52.3. The Kier molecular flexibility index (Phi) is 4.68. The van der Waals surface area contributed by atoms with Crippen LogP contribution in [0.3, 0.4) is 0 Å². The summed E-state index contributed by atoms with van der Waals surface area (Å²) in [5.74, 6) is 6.06. The van der Waals surface area contributed by atoms with Crippen molar-refractivity contribution in [2.75, 3.05) is 0 Å². The van der Waals surface area contributed by atoms with Gasteiger partial charge in [0.05, 0.1) is 0 Å². The molecular formula is C21H31O4Si4. The van der Waals surface area contributed by atoms with Crippen LogP contribution in [-0.4, -0.2) is 42.4 Å². The fourth-order valence-corrected chi connectivity index (χ4v) is 19.3. The topological polar surface area (TPSA) is 47.9 Å². The summed E-state index contributed by atoms with van der Waals surface area (Å²) in [5.41, 5.74) is 0.807. The molecule has 12 atom stereocenters. The first-order valence-electron chi connectivity index (χ1n) is 11.4. The van der Waals surface area contributed by atoms with Gasteiger partial charge < -0.3 is 17.1 Å². The summed E-state index contributed by atoms with van der Waals surface area (Å²) in [6.45, 7) is 4.27. The van der Waals surface area contributed by atoms with Crippen LogP contribution in [0.4, 0.5) is 0 Å². The van der Waals surface area contributed by atoms with Crippen LogP contribution in [0.25, 0.3) is 0 Å². The lowest BCUT2D eigenvalue weighted by atomic mass is 9.73. The van der Waals surface area contributed by atoms with E-state index < -0.39 is 17.1 Å². The summed E-state index contributed by atoms with van der Waals surface area (Å²) < 4.78 is 18.5. The quantitative estimate of drug-likeness (QED) is 0.359. The molecule has 6 aliphatic rings. The molecule has 1 N–H and O–H groups in total. The number of fused-ring (bicyclic) bond motifs is 11. The third-order valence-electron chi connectivity index (χ3n) is 9.61. The van der Waals surface area contributed by atoms with E-state index in [1.54, 1.807) is 0 Å². The van der Waals surface area contributed by atoms with Crippen molar-refractivity contribution in [1.82, 2.24) is 0 Å². The second-order valence-corrected chi connectivity index (χ2v) is 19.2. The molecule has 0 aliphatic heterocycles. The van der Waals surface area contributed by atoms with E-state index in [2.05, 4.69) is 41.3 Å². The maximum Gasteiger partial charge on any atom is 0.411 e. The first-order valence-corrected chi connectivity index (χ1v) is 17.5. The molecule has 5 radical (unpaired) electrons. The highest BCUT2D eigenvalue weighted by Crippen LogP contribution is 2.70. The Hall–Kier alpha value is 0.188. The van der Waals surface area contributed by atoms with Crippen LogP contribution in [0.1, 0.15) is 32.1 Å². The molecule has 0 spiro atoms. The molecule has 0 aromatic rings. The summed E-state index contributed by atoms with van der Waals surface area (Å²) in [5, 5.41) is 0. The third kappa shape index (κ3) is 2.93. The van der Waals surface area contributed by atoms with E-state index in [0.717, 1.165) is 36.0 Å². The van der Waals surface area contributed by atoms with Crippen LogP contribution in [0.5, 0.6) is 0 Å². The minimum Gasteiger partial charge on any atom is -0.435 e. The Balaban J connectivity index is 1.25. The molecule has 0 aromatic heterocycles. The minimum atomic E-state index is -2.85. The van der Waals surface area contributed by atoms with Crippen molar-refractivity contribution in [3.05, 3.63) is 24.3 Å². The number of hydrogen-bond acceptors (Lipinski definition) is 4. The lowest BCUT2D eigenvalue weighted by Crippen LogP contribution is -2.58. The lowest BCUT2D eigenvalue weighted by molar-refractivity contribution is 0.179. The molecule has 6 aliphatic carbocycles. The number of hydrogen-bond donors (Lipinski definition) is 1. The Morgan fingerprint density at radius 3 is 2.34 bits per heavy atom. The van der Waals surface area contributed by atoms with Gasteiger partial charge in [-0.25, -0.2) is 0 Å². The van der Waals surface area contributed by atoms with Crippen LogP contribution in [0.2, 0.25) is 24.2 Å². The van der Waals surface area contributed by atoms with Gasteiger partial charge in [-0.15, -0.1) is 0 Å². The molecule has 8 heteroatoms. The molecule has 155 valence electrons. The van der Waals surface area contributed by atoms with Crippen molar-refractivity contribution in [2.45, 2.75) is 56.3 Å². The molecule has 12 unspecified atom stereocenters. The van der Waals surface area contributed by atoms with Gasteiger partial charge in [-0.05, 0) is 92.5 Å². The largest absolute Gasteiger partial charge is 0.435 e. The Bertz CT molecular complexity index is 744. The van der Waals surface area contributed by atoms with Crippen molar-refractivity contribution in [1.29, 1.82) is 0 Å². The molecule has 0 heterocycles. The van der Waals surface area contributed by atoms with Crippen LogP contribution in [0.15, 0.2) is 24.3 Å². The molecular weight excluding hydrogens is 429 g/mol. The van der Waals surface area contributed by atoms with E-state index in [4.69, 9.17) is 12.3 Å². The van der Waals surface area contributed by atoms with E-state index in [9.17, 15) is 4.80 Å². The van der Waals surface area contributed by atoms with Crippen LogP contribution >= 0.6 is 0 Å². The van der Waals surface area contributed by atoms with E-state index in [-0.39, 0.29) is 10.0 Å².